The molecular weight excluding hydrogens is 192 g/mol. The Labute approximate surface area is 89.3 Å². The van der Waals surface area contributed by atoms with Crippen molar-refractivity contribution in [3.05, 3.63) is 0 Å². The van der Waals surface area contributed by atoms with Crippen molar-refractivity contribution < 1.29 is 4.79 Å². The Bertz CT molecular complexity index is 334. The highest BCUT2D eigenvalue weighted by molar-refractivity contribution is 6.16. The number of nitrogens with zero attached hydrogens (tertiary/aromatic N) is 3. The maximum absolute atomic E-state index is 11.6. The Morgan fingerprint density at radius 1 is 1.53 bits per heavy atom. The van der Waals surface area contributed by atoms with E-state index in [4.69, 9.17) is 5.41 Å². The van der Waals surface area contributed by atoms with E-state index in [1.165, 1.54) is 0 Å². The fraction of sp³-hybridized carbons (Fsp3) is 0.700. The van der Waals surface area contributed by atoms with Gasteiger partial charge in [-0.2, -0.15) is 0 Å². The van der Waals surface area contributed by atoms with Crippen molar-refractivity contribution in [2.45, 2.75) is 20.3 Å². The molecule has 0 unspecified atom stereocenters. The maximum Gasteiger partial charge on any atom is 0.236 e. The number of amidine groups is 1. The van der Waals surface area contributed by atoms with Gasteiger partial charge in [0.15, 0.2) is 0 Å². The van der Waals surface area contributed by atoms with Crippen molar-refractivity contribution in [2.24, 2.45) is 10.9 Å². The van der Waals surface area contributed by atoms with Gasteiger partial charge in [0.1, 0.15) is 5.84 Å². The third-order valence-electron chi connectivity index (χ3n) is 2.55. The molecule has 5 heteroatoms. The van der Waals surface area contributed by atoms with E-state index in [1.54, 1.807) is 4.90 Å². The van der Waals surface area contributed by atoms with E-state index in [0.717, 1.165) is 6.54 Å². The molecule has 2 aliphatic heterocycles. The van der Waals surface area contributed by atoms with Crippen LogP contribution in [0.1, 0.15) is 20.3 Å². The van der Waals surface area contributed by atoms with Gasteiger partial charge < -0.3 is 0 Å². The van der Waals surface area contributed by atoms with Crippen LogP contribution in [0.25, 0.3) is 0 Å². The minimum Gasteiger partial charge on any atom is -0.300 e. The zero-order chi connectivity index (χ0) is 11.0. The molecule has 0 atom stereocenters. The van der Waals surface area contributed by atoms with E-state index >= 15 is 0 Å². The first kappa shape index (κ1) is 10.1. The molecule has 2 rings (SSSR count). The van der Waals surface area contributed by atoms with Gasteiger partial charge in [-0.1, -0.05) is 13.8 Å². The van der Waals surface area contributed by atoms with Crippen LogP contribution < -0.4 is 0 Å². The molecular formula is C10H16N4O. The molecule has 82 valence electrons. The van der Waals surface area contributed by atoms with Gasteiger partial charge >= 0.3 is 0 Å². The van der Waals surface area contributed by atoms with Crippen LogP contribution in [0.15, 0.2) is 4.99 Å². The smallest absolute Gasteiger partial charge is 0.236 e. The molecule has 0 radical (unpaired) electrons. The average Bonchev–Trinajstić information content (AvgIpc) is 2.60. The molecule has 15 heavy (non-hydrogen) atoms. The standard InChI is InChI=1S/C10H16N4O/c1-7(2)6-14-8(11)5-9(15)13-4-3-12-10(13)14/h7,11H,3-6H2,1-2H3. The lowest BCUT2D eigenvalue weighted by Gasteiger charge is -2.35. The summed E-state index contributed by atoms with van der Waals surface area (Å²) in [6, 6.07) is 0. The van der Waals surface area contributed by atoms with Crippen LogP contribution in [0, 0.1) is 11.3 Å². The summed E-state index contributed by atoms with van der Waals surface area (Å²) < 4.78 is 0. The molecule has 2 aliphatic rings. The van der Waals surface area contributed by atoms with Crippen molar-refractivity contribution in [2.75, 3.05) is 19.6 Å². The van der Waals surface area contributed by atoms with Gasteiger partial charge in [0.25, 0.3) is 0 Å². The normalized spacial score (nSPS) is 21.1. The van der Waals surface area contributed by atoms with Crippen LogP contribution in [0.2, 0.25) is 0 Å². The molecule has 2 heterocycles. The molecule has 0 aromatic rings. The Morgan fingerprint density at radius 2 is 2.27 bits per heavy atom. The van der Waals surface area contributed by atoms with Gasteiger partial charge in [0.05, 0.1) is 13.0 Å². The molecule has 0 aromatic heterocycles. The number of rotatable bonds is 2. The van der Waals surface area contributed by atoms with Crippen LogP contribution in [-0.4, -0.2) is 47.1 Å². The van der Waals surface area contributed by atoms with E-state index in [-0.39, 0.29) is 12.3 Å². The number of carbonyl (C=O) groups excluding carboxylic acids is 1. The summed E-state index contributed by atoms with van der Waals surface area (Å²) in [5.74, 6) is 1.54. The molecule has 0 aromatic carbocycles. The van der Waals surface area contributed by atoms with E-state index < -0.39 is 0 Å². The molecule has 1 N–H and O–H groups in total. The molecule has 0 spiro atoms. The van der Waals surface area contributed by atoms with Crippen LogP contribution in [-0.2, 0) is 4.79 Å². The third-order valence-corrected chi connectivity index (χ3v) is 2.55. The van der Waals surface area contributed by atoms with E-state index in [2.05, 4.69) is 18.8 Å². The summed E-state index contributed by atoms with van der Waals surface area (Å²) in [6.07, 6.45) is 0.214. The Kier molecular flexibility index (Phi) is 2.46. The van der Waals surface area contributed by atoms with E-state index in [1.807, 2.05) is 4.90 Å². The summed E-state index contributed by atoms with van der Waals surface area (Å²) in [4.78, 5) is 19.4. The van der Waals surface area contributed by atoms with Gasteiger partial charge in [-0.3, -0.25) is 25.0 Å². The molecule has 5 nitrogen and oxygen atoms in total. The molecule has 0 aliphatic carbocycles. The zero-order valence-corrected chi connectivity index (χ0v) is 9.16. The number of hydrogen-bond acceptors (Lipinski definition) is 3. The molecule has 1 amide bonds. The van der Waals surface area contributed by atoms with Crippen LogP contribution in [0.5, 0.6) is 0 Å². The topological polar surface area (TPSA) is 59.8 Å². The van der Waals surface area contributed by atoms with E-state index in [9.17, 15) is 4.79 Å². The predicted octanol–water partition coefficient (Wildman–Crippen LogP) is 0.524. The quantitative estimate of drug-likeness (QED) is 0.719. The lowest BCUT2D eigenvalue weighted by Crippen LogP contribution is -2.54. The third kappa shape index (κ3) is 1.73. The summed E-state index contributed by atoms with van der Waals surface area (Å²) >= 11 is 0. The average molecular weight is 208 g/mol. The zero-order valence-electron chi connectivity index (χ0n) is 9.16. The second kappa shape index (κ2) is 3.64. The van der Waals surface area contributed by atoms with E-state index in [0.29, 0.717) is 30.8 Å². The van der Waals surface area contributed by atoms with Gasteiger partial charge in [-0.15, -0.1) is 0 Å². The van der Waals surface area contributed by atoms with Gasteiger partial charge in [0, 0.05) is 13.1 Å². The minimum absolute atomic E-state index is 0.0104. The molecule has 0 bridgehead atoms. The summed E-state index contributed by atoms with van der Waals surface area (Å²) in [6.45, 7) is 6.31. The number of aliphatic imine (C=N–C) groups is 1. The van der Waals surface area contributed by atoms with Gasteiger partial charge in [-0.25, -0.2) is 0 Å². The first-order valence-electron chi connectivity index (χ1n) is 5.29. The monoisotopic (exact) mass is 208 g/mol. The van der Waals surface area contributed by atoms with Crippen molar-refractivity contribution in [3.8, 4) is 0 Å². The van der Waals surface area contributed by atoms with Crippen LogP contribution in [0.3, 0.4) is 0 Å². The lowest BCUT2D eigenvalue weighted by molar-refractivity contribution is -0.126. The fourth-order valence-corrected chi connectivity index (χ4v) is 1.91. The highest BCUT2D eigenvalue weighted by Gasteiger charge is 2.36. The number of amides is 1. The fourth-order valence-electron chi connectivity index (χ4n) is 1.91. The molecule has 0 saturated carbocycles. The minimum atomic E-state index is 0.0104. The Morgan fingerprint density at radius 3 is 2.93 bits per heavy atom. The summed E-state index contributed by atoms with van der Waals surface area (Å²) in [5.41, 5.74) is 0. The first-order valence-corrected chi connectivity index (χ1v) is 5.29. The Balaban J connectivity index is 2.22. The van der Waals surface area contributed by atoms with Crippen molar-refractivity contribution in [1.29, 1.82) is 5.41 Å². The van der Waals surface area contributed by atoms with Crippen molar-refractivity contribution in [1.82, 2.24) is 9.80 Å². The lowest BCUT2D eigenvalue weighted by atomic mass is 10.1. The highest BCUT2D eigenvalue weighted by atomic mass is 16.2. The predicted molar refractivity (Wildman–Crippen MR) is 57.9 cm³/mol. The first-order chi connectivity index (χ1) is 7.09. The second-order valence-corrected chi connectivity index (χ2v) is 4.36. The molecule has 1 saturated heterocycles. The number of hydrogen-bond donors (Lipinski definition) is 1. The largest absolute Gasteiger partial charge is 0.300 e. The number of fused-ring (bicyclic) bond motifs is 1. The van der Waals surface area contributed by atoms with Gasteiger partial charge in [-0.05, 0) is 5.92 Å². The number of guanidine groups is 1. The van der Waals surface area contributed by atoms with Gasteiger partial charge in [0.2, 0.25) is 11.9 Å². The van der Waals surface area contributed by atoms with Crippen LogP contribution in [0.4, 0.5) is 0 Å². The van der Waals surface area contributed by atoms with Crippen LogP contribution >= 0.6 is 0 Å². The maximum atomic E-state index is 11.6. The highest BCUT2D eigenvalue weighted by Crippen LogP contribution is 2.17. The number of carbonyl (C=O) groups is 1. The van der Waals surface area contributed by atoms with Crippen molar-refractivity contribution >= 4 is 17.7 Å². The second-order valence-electron chi connectivity index (χ2n) is 4.36. The summed E-state index contributed by atoms with van der Waals surface area (Å²) in [7, 11) is 0. The summed E-state index contributed by atoms with van der Waals surface area (Å²) in [5, 5.41) is 7.82. The SMILES string of the molecule is CC(C)CN1C(=N)CC(=O)N2CCN=C12. The molecule has 1 fully saturated rings. The van der Waals surface area contributed by atoms with Crippen molar-refractivity contribution in [3.63, 3.8) is 0 Å². The Hall–Kier alpha value is -1.39. The number of nitrogens with one attached hydrogen (secondary N) is 1.